The molecule has 1 aromatic rings. The summed E-state index contributed by atoms with van der Waals surface area (Å²) in [6.45, 7) is 8.67. The first-order chi connectivity index (χ1) is 5.47. The Hall–Kier alpha value is 0.330. The predicted molar refractivity (Wildman–Crippen MR) is 60.1 cm³/mol. The minimum atomic E-state index is 0.310. The van der Waals surface area contributed by atoms with E-state index in [-0.39, 0.29) is 0 Å². The third-order valence-corrected chi connectivity index (χ3v) is 5.61. The molecule has 0 unspecified atom stereocenters. The number of aromatic nitrogens is 1. The summed E-state index contributed by atoms with van der Waals surface area (Å²) >= 11 is 1.72. The van der Waals surface area contributed by atoms with E-state index in [4.69, 9.17) is 0 Å². The molecule has 0 radical (unpaired) electrons. The molecule has 0 saturated carbocycles. The number of rotatable bonds is 2. The molecule has 4 heteroatoms. The molecule has 0 aliphatic heterocycles. The highest BCUT2D eigenvalue weighted by Gasteiger charge is 2.12. The van der Waals surface area contributed by atoms with Gasteiger partial charge in [0.1, 0.15) is 0 Å². The molecule has 0 fully saturated rings. The van der Waals surface area contributed by atoms with Crippen LogP contribution in [0, 0.1) is 6.92 Å². The quantitative estimate of drug-likeness (QED) is 0.698. The lowest BCUT2D eigenvalue weighted by atomic mass is 10.3. The lowest BCUT2D eigenvalue weighted by Gasteiger charge is -2.14. The number of thiazole rings is 1. The third-order valence-electron chi connectivity index (χ3n) is 0.961. The van der Waals surface area contributed by atoms with Gasteiger partial charge in [-0.2, -0.15) is 0 Å². The van der Waals surface area contributed by atoms with E-state index in [1.165, 1.54) is 0 Å². The van der Waals surface area contributed by atoms with Gasteiger partial charge in [-0.1, -0.05) is 31.6 Å². The van der Waals surface area contributed by atoms with Gasteiger partial charge in [-0.3, -0.25) is 0 Å². The lowest BCUT2D eigenvalue weighted by molar-refractivity contribution is 0.810. The van der Waals surface area contributed by atoms with E-state index in [0.29, 0.717) is 4.75 Å². The second-order valence-corrected chi connectivity index (χ2v) is 7.60. The van der Waals surface area contributed by atoms with E-state index in [2.05, 4.69) is 31.1 Å². The largest absolute Gasteiger partial charge is 0.234 e. The van der Waals surface area contributed by atoms with Gasteiger partial charge in [0.25, 0.3) is 0 Å². The van der Waals surface area contributed by atoms with E-state index in [1.807, 2.05) is 17.7 Å². The van der Waals surface area contributed by atoms with Crippen LogP contribution in [0.4, 0.5) is 0 Å². The Labute approximate surface area is 85.8 Å². The molecule has 0 amide bonds. The van der Waals surface area contributed by atoms with Crippen LogP contribution in [0.2, 0.25) is 0 Å². The van der Waals surface area contributed by atoms with Crippen LogP contribution in [0.25, 0.3) is 0 Å². The lowest BCUT2D eigenvalue weighted by Crippen LogP contribution is -2.04. The average Bonchev–Trinajstić information content (AvgIpc) is 2.30. The van der Waals surface area contributed by atoms with Gasteiger partial charge < -0.3 is 0 Å². The molecule has 0 N–H and O–H groups in total. The molecule has 0 bridgehead atoms. The standard InChI is InChI=1S/C8H13NS3/c1-6-5-10-7(9-6)11-12-8(2,3)4/h5H,1-4H3. The molecule has 0 spiro atoms. The zero-order chi connectivity index (χ0) is 9.19. The van der Waals surface area contributed by atoms with Crippen molar-refractivity contribution in [1.82, 2.24) is 4.98 Å². The smallest absolute Gasteiger partial charge is 0.160 e. The van der Waals surface area contributed by atoms with Gasteiger partial charge in [0.2, 0.25) is 0 Å². The summed E-state index contributed by atoms with van der Waals surface area (Å²) in [6, 6.07) is 0. The molecule has 1 aromatic heterocycles. The Balaban J connectivity index is 2.44. The van der Waals surface area contributed by atoms with E-state index in [1.54, 1.807) is 22.1 Å². The molecule has 0 atom stereocenters. The van der Waals surface area contributed by atoms with Gasteiger partial charge in [0.15, 0.2) is 4.34 Å². The van der Waals surface area contributed by atoms with Crippen molar-refractivity contribution < 1.29 is 0 Å². The zero-order valence-electron chi connectivity index (χ0n) is 7.75. The molecule has 0 aliphatic rings. The molecule has 0 saturated heterocycles. The Morgan fingerprint density at radius 2 is 2.08 bits per heavy atom. The molecular formula is C8H13NS3. The minimum absolute atomic E-state index is 0.310. The van der Waals surface area contributed by atoms with Gasteiger partial charge >= 0.3 is 0 Å². The van der Waals surface area contributed by atoms with Gasteiger partial charge in [-0.05, 0) is 17.7 Å². The predicted octanol–water partition coefficient (Wildman–Crippen LogP) is 3.99. The van der Waals surface area contributed by atoms with Crippen molar-refractivity contribution >= 4 is 32.9 Å². The molecule has 1 heterocycles. The van der Waals surface area contributed by atoms with Crippen LogP contribution in [-0.2, 0) is 0 Å². The van der Waals surface area contributed by atoms with Crippen LogP contribution in [0.15, 0.2) is 9.72 Å². The van der Waals surface area contributed by atoms with Gasteiger partial charge in [-0.15, -0.1) is 11.3 Å². The van der Waals surface area contributed by atoms with Crippen LogP contribution in [0.3, 0.4) is 0 Å². The second-order valence-electron chi connectivity index (χ2n) is 3.53. The Morgan fingerprint density at radius 3 is 2.50 bits per heavy atom. The van der Waals surface area contributed by atoms with Crippen LogP contribution in [-0.4, -0.2) is 9.73 Å². The van der Waals surface area contributed by atoms with Crippen molar-refractivity contribution in [2.24, 2.45) is 0 Å². The van der Waals surface area contributed by atoms with Crippen LogP contribution >= 0.6 is 32.9 Å². The summed E-state index contributed by atoms with van der Waals surface area (Å²) in [5.74, 6) is 0. The summed E-state index contributed by atoms with van der Waals surface area (Å²) in [6.07, 6.45) is 0. The van der Waals surface area contributed by atoms with E-state index in [0.717, 1.165) is 10.0 Å². The van der Waals surface area contributed by atoms with Crippen molar-refractivity contribution in [3.05, 3.63) is 11.1 Å². The fourth-order valence-corrected chi connectivity index (χ4v) is 3.59. The van der Waals surface area contributed by atoms with E-state index >= 15 is 0 Å². The van der Waals surface area contributed by atoms with Crippen molar-refractivity contribution in [3.8, 4) is 0 Å². The Bertz CT molecular complexity index is 249. The second kappa shape index (κ2) is 4.03. The molecule has 0 aromatic carbocycles. The van der Waals surface area contributed by atoms with Gasteiger partial charge in [-0.25, -0.2) is 4.98 Å². The highest BCUT2D eigenvalue weighted by Crippen LogP contribution is 2.41. The minimum Gasteiger partial charge on any atom is -0.234 e. The van der Waals surface area contributed by atoms with Crippen molar-refractivity contribution in [1.29, 1.82) is 0 Å². The highest BCUT2D eigenvalue weighted by molar-refractivity contribution is 8.77. The normalized spacial score (nSPS) is 12.0. The third kappa shape index (κ3) is 3.83. The first-order valence-corrected chi connectivity index (χ1v) is 6.78. The maximum atomic E-state index is 4.37. The van der Waals surface area contributed by atoms with E-state index in [9.17, 15) is 0 Å². The number of aryl methyl sites for hydroxylation is 1. The fraction of sp³-hybridized carbons (Fsp3) is 0.625. The van der Waals surface area contributed by atoms with Gasteiger partial charge in [0.05, 0.1) is 0 Å². The van der Waals surface area contributed by atoms with E-state index < -0.39 is 0 Å². The monoisotopic (exact) mass is 219 g/mol. The number of hydrogen-bond acceptors (Lipinski definition) is 4. The SMILES string of the molecule is Cc1csc(SSC(C)(C)C)n1. The first-order valence-electron chi connectivity index (χ1n) is 3.75. The summed E-state index contributed by atoms with van der Waals surface area (Å²) < 4.78 is 1.47. The first kappa shape index (κ1) is 10.4. The maximum absolute atomic E-state index is 4.37. The van der Waals surface area contributed by atoms with Crippen LogP contribution < -0.4 is 0 Å². The molecule has 68 valence electrons. The summed E-state index contributed by atoms with van der Waals surface area (Å²) in [5.41, 5.74) is 1.12. The maximum Gasteiger partial charge on any atom is 0.160 e. The van der Waals surface area contributed by atoms with Crippen molar-refractivity contribution in [3.63, 3.8) is 0 Å². The number of hydrogen-bond donors (Lipinski definition) is 0. The van der Waals surface area contributed by atoms with Crippen molar-refractivity contribution in [2.75, 3.05) is 0 Å². The topological polar surface area (TPSA) is 12.9 Å². The number of nitrogens with zero attached hydrogens (tertiary/aromatic N) is 1. The Kier molecular flexibility index (Phi) is 3.49. The van der Waals surface area contributed by atoms with Gasteiger partial charge in [0, 0.05) is 15.8 Å². The fourth-order valence-electron chi connectivity index (χ4n) is 0.531. The summed E-state index contributed by atoms with van der Waals surface area (Å²) in [5, 5.41) is 2.09. The Morgan fingerprint density at radius 1 is 1.42 bits per heavy atom. The average molecular weight is 219 g/mol. The molecule has 12 heavy (non-hydrogen) atoms. The van der Waals surface area contributed by atoms with Crippen molar-refractivity contribution in [2.45, 2.75) is 36.8 Å². The molecule has 0 aliphatic carbocycles. The molecule has 1 nitrogen and oxygen atoms in total. The van der Waals surface area contributed by atoms with Crippen LogP contribution in [0.1, 0.15) is 26.5 Å². The summed E-state index contributed by atoms with van der Waals surface area (Å²) in [7, 11) is 3.64. The van der Waals surface area contributed by atoms with Crippen LogP contribution in [0.5, 0.6) is 0 Å². The summed E-state index contributed by atoms with van der Waals surface area (Å²) in [4.78, 5) is 4.37. The zero-order valence-corrected chi connectivity index (χ0v) is 10.2. The highest BCUT2D eigenvalue weighted by atomic mass is 33.1. The molecular weight excluding hydrogens is 206 g/mol. The molecule has 1 rings (SSSR count).